The van der Waals surface area contributed by atoms with Gasteiger partial charge in [-0.05, 0) is 51.6 Å². The van der Waals surface area contributed by atoms with Gasteiger partial charge in [0.05, 0.1) is 5.92 Å². The monoisotopic (exact) mass is 441 g/mol. The number of imidazole rings is 1. The normalized spacial score (nSPS) is 19.2. The molecule has 2 aliphatic heterocycles. The fourth-order valence-electron chi connectivity index (χ4n) is 5.19. The summed E-state index contributed by atoms with van der Waals surface area (Å²) in [5.74, 6) is 2.20. The molecule has 1 N–H and O–H groups in total. The van der Waals surface area contributed by atoms with Gasteiger partial charge < -0.3 is 19.7 Å². The zero-order chi connectivity index (χ0) is 22.3. The number of fused-ring (bicyclic) bond motifs is 3. The van der Waals surface area contributed by atoms with E-state index in [1.54, 1.807) is 6.33 Å². The molecule has 0 bridgehead atoms. The Morgan fingerprint density at radius 3 is 2.75 bits per heavy atom. The smallest absolute Gasteiger partial charge is 0.224 e. The van der Waals surface area contributed by atoms with Gasteiger partial charge in [0.2, 0.25) is 5.91 Å². The lowest BCUT2D eigenvalue weighted by Gasteiger charge is -2.33. The van der Waals surface area contributed by atoms with E-state index in [1.165, 1.54) is 19.3 Å². The van der Waals surface area contributed by atoms with Crippen molar-refractivity contribution in [3.05, 3.63) is 12.2 Å². The zero-order valence-electron chi connectivity index (χ0n) is 19.9. The second-order valence-electron chi connectivity index (χ2n) is 9.28. The standard InChI is InChI=1S/C24H39N7O/c1-3-12-29(13-4-2)16-11-25-24(32)19-9-8-14-30(17-19)22-21-23(27-18-26-22)31-15-7-5-6-10-20(31)28-21/h18-19H,3-17H2,1-2H3,(H,25,32)/t19-/m1/s1. The van der Waals surface area contributed by atoms with Crippen molar-refractivity contribution in [1.29, 1.82) is 0 Å². The SMILES string of the molecule is CCCN(CCC)CCNC(=O)[C@@H]1CCCN(c2ncnc3c2nc2n3CCCCC2)C1. The Morgan fingerprint density at radius 2 is 1.94 bits per heavy atom. The molecule has 4 rings (SSSR count). The van der Waals surface area contributed by atoms with Crippen LogP contribution >= 0.6 is 0 Å². The minimum Gasteiger partial charge on any atom is -0.355 e. The Kier molecular flexibility index (Phi) is 7.95. The molecule has 1 atom stereocenters. The highest BCUT2D eigenvalue weighted by molar-refractivity contribution is 5.85. The van der Waals surface area contributed by atoms with Gasteiger partial charge in [0, 0.05) is 39.1 Å². The number of amides is 1. The van der Waals surface area contributed by atoms with Gasteiger partial charge in [-0.3, -0.25) is 4.79 Å². The van der Waals surface area contributed by atoms with E-state index in [9.17, 15) is 4.79 Å². The molecule has 8 heteroatoms. The number of carbonyl (C=O) groups is 1. The summed E-state index contributed by atoms with van der Waals surface area (Å²) >= 11 is 0. The summed E-state index contributed by atoms with van der Waals surface area (Å²) in [5.41, 5.74) is 1.85. The van der Waals surface area contributed by atoms with Crippen LogP contribution < -0.4 is 10.2 Å². The number of rotatable bonds is 9. The maximum atomic E-state index is 12.9. The van der Waals surface area contributed by atoms with E-state index < -0.39 is 0 Å². The van der Waals surface area contributed by atoms with Crippen molar-refractivity contribution in [3.63, 3.8) is 0 Å². The zero-order valence-corrected chi connectivity index (χ0v) is 19.9. The number of aromatic nitrogens is 4. The molecule has 0 aromatic carbocycles. The molecule has 1 saturated heterocycles. The van der Waals surface area contributed by atoms with Crippen molar-refractivity contribution in [3.8, 4) is 0 Å². The van der Waals surface area contributed by atoms with Crippen molar-refractivity contribution in [2.45, 2.75) is 71.8 Å². The first-order chi connectivity index (χ1) is 15.7. The van der Waals surface area contributed by atoms with Crippen molar-refractivity contribution in [2.24, 2.45) is 5.92 Å². The van der Waals surface area contributed by atoms with Crippen LogP contribution in [0.2, 0.25) is 0 Å². The van der Waals surface area contributed by atoms with E-state index in [4.69, 9.17) is 4.98 Å². The molecule has 8 nitrogen and oxygen atoms in total. The molecule has 0 spiro atoms. The Balaban J connectivity index is 1.41. The summed E-state index contributed by atoms with van der Waals surface area (Å²) in [7, 11) is 0. The largest absolute Gasteiger partial charge is 0.355 e. The fourth-order valence-corrected chi connectivity index (χ4v) is 5.19. The molecule has 2 aromatic heterocycles. The van der Waals surface area contributed by atoms with Crippen molar-refractivity contribution >= 4 is 22.9 Å². The van der Waals surface area contributed by atoms with E-state index in [1.807, 2.05) is 0 Å². The maximum Gasteiger partial charge on any atom is 0.224 e. The van der Waals surface area contributed by atoms with Crippen LogP contribution in [0, 0.1) is 5.92 Å². The van der Waals surface area contributed by atoms with Crippen LogP contribution in [0.1, 0.15) is 64.6 Å². The van der Waals surface area contributed by atoms with E-state index in [0.717, 1.165) is 94.2 Å². The van der Waals surface area contributed by atoms with Gasteiger partial charge >= 0.3 is 0 Å². The van der Waals surface area contributed by atoms with Crippen LogP contribution in [0.5, 0.6) is 0 Å². The minimum atomic E-state index is 0.00000493. The Labute approximate surface area is 191 Å². The molecule has 1 fully saturated rings. The Morgan fingerprint density at radius 1 is 1.09 bits per heavy atom. The molecule has 32 heavy (non-hydrogen) atoms. The molecular weight excluding hydrogens is 402 g/mol. The number of piperidine rings is 1. The molecule has 176 valence electrons. The molecule has 1 amide bonds. The number of aryl methyl sites for hydroxylation is 2. The third-order valence-electron chi connectivity index (χ3n) is 6.77. The maximum absolute atomic E-state index is 12.9. The predicted molar refractivity (Wildman–Crippen MR) is 128 cm³/mol. The van der Waals surface area contributed by atoms with Crippen LogP contribution in [0.3, 0.4) is 0 Å². The molecular formula is C24H39N7O. The lowest BCUT2D eigenvalue weighted by molar-refractivity contribution is -0.125. The summed E-state index contributed by atoms with van der Waals surface area (Å²) in [6.45, 7) is 10.9. The van der Waals surface area contributed by atoms with E-state index in [-0.39, 0.29) is 11.8 Å². The summed E-state index contributed by atoms with van der Waals surface area (Å²) in [6, 6.07) is 0. The Hall–Kier alpha value is -2.22. The van der Waals surface area contributed by atoms with E-state index >= 15 is 0 Å². The van der Waals surface area contributed by atoms with Gasteiger partial charge in [0.25, 0.3) is 0 Å². The first-order valence-corrected chi connectivity index (χ1v) is 12.7. The first-order valence-electron chi connectivity index (χ1n) is 12.7. The highest BCUT2D eigenvalue weighted by Gasteiger charge is 2.29. The van der Waals surface area contributed by atoms with Gasteiger partial charge in [-0.15, -0.1) is 0 Å². The number of nitrogens with zero attached hydrogens (tertiary/aromatic N) is 6. The summed E-state index contributed by atoms with van der Waals surface area (Å²) < 4.78 is 2.28. The third-order valence-corrected chi connectivity index (χ3v) is 6.77. The van der Waals surface area contributed by atoms with Crippen molar-refractivity contribution in [2.75, 3.05) is 44.2 Å². The molecule has 0 aliphatic carbocycles. The summed E-state index contributed by atoms with van der Waals surface area (Å²) in [6.07, 6.45) is 10.5. The average Bonchev–Trinajstić information content (AvgIpc) is 3.00. The topological polar surface area (TPSA) is 79.2 Å². The molecule has 0 saturated carbocycles. The lowest BCUT2D eigenvalue weighted by atomic mass is 9.97. The molecule has 2 aromatic rings. The van der Waals surface area contributed by atoms with Crippen LogP contribution in [0.25, 0.3) is 11.2 Å². The summed E-state index contributed by atoms with van der Waals surface area (Å²) in [4.78, 5) is 31.8. The van der Waals surface area contributed by atoms with Gasteiger partial charge in [0.1, 0.15) is 12.2 Å². The van der Waals surface area contributed by atoms with Crippen molar-refractivity contribution < 1.29 is 4.79 Å². The second-order valence-corrected chi connectivity index (χ2v) is 9.28. The number of carbonyl (C=O) groups excluding carboxylic acids is 1. The van der Waals surface area contributed by atoms with Crippen LogP contribution in [-0.4, -0.2) is 69.6 Å². The van der Waals surface area contributed by atoms with Gasteiger partial charge in [-0.25, -0.2) is 15.0 Å². The van der Waals surface area contributed by atoms with E-state index in [0.29, 0.717) is 6.54 Å². The van der Waals surface area contributed by atoms with Gasteiger partial charge in [-0.1, -0.05) is 20.3 Å². The Bertz CT molecular complexity index is 890. The number of hydrogen-bond acceptors (Lipinski definition) is 6. The van der Waals surface area contributed by atoms with Crippen molar-refractivity contribution in [1.82, 2.24) is 29.7 Å². The highest BCUT2D eigenvalue weighted by Crippen LogP contribution is 2.29. The van der Waals surface area contributed by atoms with Gasteiger partial charge in [0.15, 0.2) is 17.0 Å². The minimum absolute atomic E-state index is 0.00000493. The predicted octanol–water partition coefficient (Wildman–Crippen LogP) is 3.01. The molecule has 2 aliphatic rings. The van der Waals surface area contributed by atoms with Gasteiger partial charge in [-0.2, -0.15) is 0 Å². The summed E-state index contributed by atoms with van der Waals surface area (Å²) in [5, 5.41) is 3.20. The fraction of sp³-hybridized carbons (Fsp3) is 0.750. The van der Waals surface area contributed by atoms with Crippen LogP contribution in [0.15, 0.2) is 6.33 Å². The molecule has 0 unspecified atom stereocenters. The van der Waals surface area contributed by atoms with Crippen LogP contribution in [0.4, 0.5) is 5.82 Å². The van der Waals surface area contributed by atoms with Crippen LogP contribution in [-0.2, 0) is 17.8 Å². The first kappa shape index (κ1) is 23.0. The third kappa shape index (κ3) is 5.22. The van der Waals surface area contributed by atoms with E-state index in [2.05, 4.69) is 43.5 Å². The lowest BCUT2D eigenvalue weighted by Crippen LogP contribution is -2.45. The average molecular weight is 442 g/mol. The number of nitrogens with one attached hydrogen (secondary N) is 1. The number of anilines is 1. The quantitative estimate of drug-likeness (QED) is 0.644. The highest BCUT2D eigenvalue weighted by atomic mass is 16.1. The number of hydrogen-bond donors (Lipinski definition) is 1. The molecule has 4 heterocycles. The second kappa shape index (κ2) is 11.1. The molecule has 0 radical (unpaired) electrons.